The van der Waals surface area contributed by atoms with Crippen LogP contribution in [0.5, 0.6) is 0 Å². The quantitative estimate of drug-likeness (QED) is 0.763. The Morgan fingerprint density at radius 1 is 1.16 bits per heavy atom. The first-order valence-electron chi connectivity index (χ1n) is 12.0. The smallest absolute Gasteiger partial charge is 0.123 e. The lowest BCUT2D eigenvalue weighted by Crippen LogP contribution is -2.56. The van der Waals surface area contributed by atoms with Crippen LogP contribution in [0.2, 0.25) is 0 Å². The molecule has 0 aliphatic carbocycles. The molecule has 0 saturated carbocycles. The predicted octanol–water partition coefficient (Wildman–Crippen LogP) is 4.40. The van der Waals surface area contributed by atoms with Crippen LogP contribution in [0.15, 0.2) is 24.4 Å². The van der Waals surface area contributed by atoms with Crippen LogP contribution in [0, 0.1) is 11.2 Å². The molecule has 4 heterocycles. The Hall–Kier alpha value is -1.47. The van der Waals surface area contributed by atoms with Crippen LogP contribution in [-0.4, -0.2) is 57.7 Å². The van der Waals surface area contributed by atoms with Gasteiger partial charge in [0.05, 0.1) is 30.0 Å². The van der Waals surface area contributed by atoms with E-state index >= 15 is 0 Å². The number of halogens is 1. The molecule has 3 saturated heterocycles. The number of benzene rings is 1. The lowest BCUT2D eigenvalue weighted by Gasteiger charge is -2.48. The van der Waals surface area contributed by atoms with Gasteiger partial charge in [-0.3, -0.25) is 4.90 Å². The summed E-state index contributed by atoms with van der Waals surface area (Å²) in [7, 11) is 2.03. The Labute approximate surface area is 190 Å². The Morgan fingerprint density at radius 2 is 1.91 bits per heavy atom. The highest BCUT2D eigenvalue weighted by molar-refractivity contribution is 5.84. The maximum atomic E-state index is 13.8. The van der Waals surface area contributed by atoms with Crippen molar-refractivity contribution in [1.82, 2.24) is 9.47 Å². The number of hydrogen-bond acceptors (Lipinski definition) is 4. The van der Waals surface area contributed by atoms with Crippen molar-refractivity contribution in [2.75, 3.05) is 19.7 Å². The molecule has 1 N–H and O–H groups in total. The van der Waals surface area contributed by atoms with Crippen molar-refractivity contribution in [3.05, 3.63) is 35.8 Å². The summed E-state index contributed by atoms with van der Waals surface area (Å²) in [6.45, 7) is 9.85. The fraction of sp³-hybridized carbons (Fsp3) is 0.692. The number of likely N-dealkylation sites (tertiary alicyclic amines) is 1. The van der Waals surface area contributed by atoms with Crippen LogP contribution < -0.4 is 0 Å². The van der Waals surface area contributed by atoms with Crippen LogP contribution in [-0.2, 0) is 23.1 Å². The molecule has 176 valence electrons. The molecule has 0 unspecified atom stereocenters. The number of piperidine rings is 1. The number of hydrogen-bond donors (Lipinski definition) is 1. The van der Waals surface area contributed by atoms with E-state index in [0.717, 1.165) is 69.2 Å². The highest BCUT2D eigenvalue weighted by Crippen LogP contribution is 2.49. The number of aromatic nitrogens is 1. The third-order valence-electron chi connectivity index (χ3n) is 8.45. The standard InChI is InChI=1S/C26H37FN2O3/c1-24(2)22(30)7-8-25(3,32-24)23-14-26(17-31-23)9-11-29(12-10-26)16-18-15-28(4)21-6-5-19(27)13-20(18)21/h5-6,13,15,22-23,30H,7-12,14,16-17H2,1-4H3/t22-,23+,25+/m0/s1. The molecule has 6 heteroatoms. The van der Waals surface area contributed by atoms with Crippen molar-refractivity contribution in [3.63, 3.8) is 0 Å². The second kappa shape index (κ2) is 7.79. The molecule has 1 aromatic heterocycles. The van der Waals surface area contributed by atoms with Crippen molar-refractivity contribution in [1.29, 1.82) is 0 Å². The van der Waals surface area contributed by atoms with Crippen molar-refractivity contribution in [2.24, 2.45) is 12.5 Å². The second-order valence-corrected chi connectivity index (χ2v) is 11.3. The first kappa shape index (κ1) is 22.3. The average Bonchev–Trinajstić information content (AvgIpc) is 3.29. The van der Waals surface area contributed by atoms with Gasteiger partial charge in [-0.25, -0.2) is 4.39 Å². The summed E-state index contributed by atoms with van der Waals surface area (Å²) in [6, 6.07) is 5.06. The van der Waals surface area contributed by atoms with Crippen molar-refractivity contribution in [3.8, 4) is 0 Å². The third-order valence-corrected chi connectivity index (χ3v) is 8.45. The van der Waals surface area contributed by atoms with Gasteiger partial charge in [0.15, 0.2) is 0 Å². The zero-order valence-electron chi connectivity index (χ0n) is 19.9. The summed E-state index contributed by atoms with van der Waals surface area (Å²) in [6.07, 6.45) is 6.66. The molecule has 3 fully saturated rings. The SMILES string of the molecule is Cn1cc(CN2CCC3(CC2)CO[C@@H]([C@@]2(C)CC[C@H](O)C(C)(C)O2)C3)c2cc(F)ccc21. The highest BCUT2D eigenvalue weighted by Gasteiger charge is 2.53. The van der Waals surface area contributed by atoms with Gasteiger partial charge in [0.1, 0.15) is 5.82 Å². The van der Waals surface area contributed by atoms with Gasteiger partial charge in [-0.2, -0.15) is 0 Å². The average molecular weight is 445 g/mol. The van der Waals surface area contributed by atoms with Gasteiger partial charge in [0.2, 0.25) is 0 Å². The summed E-state index contributed by atoms with van der Waals surface area (Å²) < 4.78 is 28.7. The number of aliphatic hydroxyl groups excluding tert-OH is 1. The number of ether oxygens (including phenoxy) is 2. The van der Waals surface area contributed by atoms with E-state index in [4.69, 9.17) is 9.47 Å². The van der Waals surface area contributed by atoms with Crippen molar-refractivity contribution >= 4 is 10.9 Å². The molecule has 0 bridgehead atoms. The molecule has 3 atom stereocenters. The first-order chi connectivity index (χ1) is 15.1. The molecular formula is C26H37FN2O3. The normalized spacial score (nSPS) is 32.7. The van der Waals surface area contributed by atoms with E-state index in [1.165, 1.54) is 11.6 Å². The van der Waals surface area contributed by atoms with Gasteiger partial charge < -0.3 is 19.1 Å². The maximum Gasteiger partial charge on any atom is 0.123 e. The van der Waals surface area contributed by atoms with E-state index in [2.05, 4.69) is 22.6 Å². The van der Waals surface area contributed by atoms with Crippen LogP contribution in [0.4, 0.5) is 4.39 Å². The summed E-state index contributed by atoms with van der Waals surface area (Å²) >= 11 is 0. The molecule has 0 radical (unpaired) electrons. The highest BCUT2D eigenvalue weighted by atomic mass is 19.1. The van der Waals surface area contributed by atoms with Gasteiger partial charge in [-0.1, -0.05) is 0 Å². The van der Waals surface area contributed by atoms with E-state index in [-0.39, 0.29) is 22.9 Å². The topological polar surface area (TPSA) is 46.9 Å². The molecule has 3 aliphatic rings. The lowest BCUT2D eigenvalue weighted by atomic mass is 9.73. The van der Waals surface area contributed by atoms with Gasteiger partial charge >= 0.3 is 0 Å². The summed E-state index contributed by atoms with van der Waals surface area (Å²) in [5, 5.41) is 11.3. The summed E-state index contributed by atoms with van der Waals surface area (Å²) in [4.78, 5) is 2.50. The maximum absolute atomic E-state index is 13.8. The van der Waals surface area contributed by atoms with E-state index in [1.807, 2.05) is 27.0 Å². The molecule has 0 amide bonds. The Balaban J connectivity index is 1.22. The fourth-order valence-corrected chi connectivity index (χ4v) is 6.24. The van der Waals surface area contributed by atoms with Crippen LogP contribution in [0.1, 0.15) is 58.4 Å². The Morgan fingerprint density at radius 3 is 2.62 bits per heavy atom. The number of fused-ring (bicyclic) bond motifs is 1. The minimum atomic E-state index is -0.534. The van der Waals surface area contributed by atoms with Gasteiger partial charge in [0.25, 0.3) is 0 Å². The van der Waals surface area contributed by atoms with E-state index in [9.17, 15) is 9.50 Å². The number of aliphatic hydroxyl groups is 1. The molecule has 5 nitrogen and oxygen atoms in total. The van der Waals surface area contributed by atoms with Crippen LogP contribution in [0.25, 0.3) is 10.9 Å². The molecule has 1 spiro atoms. The Bertz CT molecular complexity index is 994. The first-order valence-corrected chi connectivity index (χ1v) is 12.0. The molecule has 1 aromatic carbocycles. The minimum Gasteiger partial charge on any atom is -0.390 e. The summed E-state index contributed by atoms with van der Waals surface area (Å²) in [5.41, 5.74) is 1.63. The fourth-order valence-electron chi connectivity index (χ4n) is 6.24. The lowest BCUT2D eigenvalue weighted by molar-refractivity contribution is -0.245. The number of rotatable bonds is 3. The van der Waals surface area contributed by atoms with E-state index in [0.29, 0.717) is 0 Å². The van der Waals surface area contributed by atoms with Gasteiger partial charge in [-0.15, -0.1) is 0 Å². The second-order valence-electron chi connectivity index (χ2n) is 11.3. The largest absolute Gasteiger partial charge is 0.390 e. The van der Waals surface area contributed by atoms with E-state index in [1.54, 1.807) is 6.07 Å². The molecule has 2 aromatic rings. The zero-order chi connectivity index (χ0) is 22.7. The monoisotopic (exact) mass is 444 g/mol. The summed E-state index contributed by atoms with van der Waals surface area (Å²) in [5.74, 6) is -0.175. The van der Waals surface area contributed by atoms with Crippen molar-refractivity contribution < 1.29 is 19.0 Å². The van der Waals surface area contributed by atoms with Crippen molar-refractivity contribution in [2.45, 2.75) is 82.8 Å². The predicted molar refractivity (Wildman–Crippen MR) is 123 cm³/mol. The molecule has 32 heavy (non-hydrogen) atoms. The minimum absolute atomic E-state index is 0.0851. The molecular weight excluding hydrogens is 407 g/mol. The Kier molecular flexibility index (Phi) is 5.44. The third kappa shape index (κ3) is 3.89. The van der Waals surface area contributed by atoms with Crippen LogP contribution >= 0.6 is 0 Å². The number of aryl methyl sites for hydroxylation is 1. The van der Waals surface area contributed by atoms with E-state index < -0.39 is 11.7 Å². The molecule has 3 aliphatic heterocycles. The van der Waals surface area contributed by atoms with Gasteiger partial charge in [0, 0.05) is 30.7 Å². The van der Waals surface area contributed by atoms with Crippen LogP contribution in [0.3, 0.4) is 0 Å². The molecule has 5 rings (SSSR count). The number of nitrogens with zero attached hydrogens (tertiary/aromatic N) is 2. The van der Waals surface area contributed by atoms with Gasteiger partial charge in [-0.05, 0) is 95.1 Å². The zero-order valence-corrected chi connectivity index (χ0v) is 19.9.